The maximum Gasteiger partial charge on any atom is 0.345 e. The van der Waals surface area contributed by atoms with Crippen LogP contribution in [0.25, 0.3) is 0 Å². The monoisotopic (exact) mass is 382 g/mol. The molecule has 0 saturated carbocycles. The molecule has 2 aliphatic heterocycles. The molecule has 1 fully saturated rings. The average Bonchev–Trinajstić information content (AvgIpc) is 2.98. The van der Waals surface area contributed by atoms with E-state index in [4.69, 9.17) is 9.57 Å². The predicted molar refractivity (Wildman–Crippen MR) is 95.7 cm³/mol. The number of nitrogens with zero attached hydrogens (tertiary/aromatic N) is 2. The van der Waals surface area contributed by atoms with Crippen LogP contribution in [0.2, 0.25) is 0 Å². The molecule has 1 saturated heterocycles. The Morgan fingerprint density at radius 1 is 1.04 bits per heavy atom. The molecule has 2 bridgehead atoms. The lowest BCUT2D eigenvalue weighted by molar-refractivity contribution is -0.174. The number of carboxylic acid groups (broad SMARTS) is 1. The lowest BCUT2D eigenvalue weighted by Gasteiger charge is -2.29. The topological polar surface area (TPSA) is 96.4 Å². The fraction of sp³-hybridized carbons (Fsp3) is 0.250. The fourth-order valence-corrected chi connectivity index (χ4v) is 3.58. The van der Waals surface area contributed by atoms with Gasteiger partial charge in [0.2, 0.25) is 0 Å². The minimum atomic E-state index is -1.11. The van der Waals surface area contributed by atoms with Crippen LogP contribution < -0.4 is 0 Å². The van der Waals surface area contributed by atoms with Crippen molar-refractivity contribution in [2.24, 2.45) is 0 Å². The zero-order valence-electron chi connectivity index (χ0n) is 14.9. The Bertz CT molecular complexity index is 916. The number of carbonyl (C=O) groups is 3. The Labute approximate surface area is 160 Å². The highest BCUT2D eigenvalue weighted by molar-refractivity contribution is 5.87. The quantitative estimate of drug-likeness (QED) is 0.770. The average molecular weight is 382 g/mol. The van der Waals surface area contributed by atoms with Crippen molar-refractivity contribution >= 4 is 18.0 Å². The standard InChI is InChI=1S/C20H18N2O6/c23-17(27-11-13-6-2-1-3-7-13)12-28-22-16-10-21(20(22)26)18(19(24)25)15-9-5-4-8-14(15)16/h1-9,16,18H,10-12H2,(H,24,25)/t16-,18?/m0/s1. The molecule has 1 unspecified atom stereocenters. The fourth-order valence-electron chi connectivity index (χ4n) is 3.58. The van der Waals surface area contributed by atoms with Crippen LogP contribution in [-0.2, 0) is 25.8 Å². The van der Waals surface area contributed by atoms with E-state index in [0.717, 1.165) is 10.6 Å². The van der Waals surface area contributed by atoms with Gasteiger partial charge < -0.3 is 14.7 Å². The summed E-state index contributed by atoms with van der Waals surface area (Å²) in [4.78, 5) is 43.1. The third-order valence-electron chi connectivity index (χ3n) is 4.85. The van der Waals surface area contributed by atoms with Crippen LogP contribution in [0.5, 0.6) is 0 Å². The van der Waals surface area contributed by atoms with E-state index < -0.39 is 36.7 Å². The number of carboxylic acids is 1. The van der Waals surface area contributed by atoms with Crippen molar-refractivity contribution in [1.29, 1.82) is 0 Å². The highest BCUT2D eigenvalue weighted by Crippen LogP contribution is 2.43. The number of urea groups is 1. The maximum atomic E-state index is 12.7. The largest absolute Gasteiger partial charge is 0.479 e. The Kier molecular flexibility index (Phi) is 4.70. The summed E-state index contributed by atoms with van der Waals surface area (Å²) in [5, 5.41) is 10.7. The second-order valence-corrected chi connectivity index (χ2v) is 6.57. The summed E-state index contributed by atoms with van der Waals surface area (Å²) in [6.07, 6.45) is 0. The number of benzene rings is 2. The van der Waals surface area contributed by atoms with Crippen molar-refractivity contribution < 1.29 is 29.1 Å². The molecule has 0 radical (unpaired) electrons. The minimum Gasteiger partial charge on any atom is -0.479 e. The second-order valence-electron chi connectivity index (χ2n) is 6.57. The number of hydrogen-bond acceptors (Lipinski definition) is 5. The lowest BCUT2D eigenvalue weighted by atomic mass is 9.91. The van der Waals surface area contributed by atoms with Gasteiger partial charge in [-0.2, -0.15) is 5.06 Å². The van der Waals surface area contributed by atoms with Crippen LogP contribution in [0.15, 0.2) is 54.6 Å². The van der Waals surface area contributed by atoms with Crippen LogP contribution in [-0.4, -0.2) is 46.2 Å². The number of fused-ring (bicyclic) bond motifs is 4. The molecule has 8 nitrogen and oxygen atoms in total. The van der Waals surface area contributed by atoms with Gasteiger partial charge in [0.15, 0.2) is 12.6 Å². The van der Waals surface area contributed by atoms with Gasteiger partial charge in [0.25, 0.3) is 0 Å². The number of ether oxygens (including phenoxy) is 1. The number of amides is 2. The van der Waals surface area contributed by atoms with E-state index in [1.165, 1.54) is 4.90 Å². The van der Waals surface area contributed by atoms with E-state index in [2.05, 4.69) is 0 Å². The maximum absolute atomic E-state index is 12.7. The van der Waals surface area contributed by atoms with Crippen LogP contribution in [0.4, 0.5) is 4.79 Å². The van der Waals surface area contributed by atoms with Gasteiger partial charge in [-0.1, -0.05) is 54.6 Å². The van der Waals surface area contributed by atoms with Crippen molar-refractivity contribution in [2.75, 3.05) is 13.2 Å². The molecule has 8 heteroatoms. The highest BCUT2D eigenvalue weighted by Gasteiger charge is 2.51. The van der Waals surface area contributed by atoms with Crippen molar-refractivity contribution in [3.05, 3.63) is 71.3 Å². The van der Waals surface area contributed by atoms with Gasteiger partial charge in [-0.05, 0) is 16.7 Å². The van der Waals surface area contributed by atoms with Crippen molar-refractivity contribution in [3.63, 3.8) is 0 Å². The first-order chi connectivity index (χ1) is 13.6. The summed E-state index contributed by atoms with van der Waals surface area (Å²) in [5.41, 5.74) is 2.10. The number of hydrogen-bond donors (Lipinski definition) is 1. The molecule has 28 heavy (non-hydrogen) atoms. The van der Waals surface area contributed by atoms with E-state index in [0.29, 0.717) is 11.1 Å². The Hall–Kier alpha value is -3.39. The number of carbonyl (C=O) groups excluding carboxylic acids is 2. The Morgan fingerprint density at radius 2 is 1.71 bits per heavy atom. The molecule has 2 aromatic rings. The molecule has 2 heterocycles. The SMILES string of the molecule is O=C(CON1C(=O)N2C[C@H]1c1ccccc1C2C(=O)O)OCc1ccccc1. The summed E-state index contributed by atoms with van der Waals surface area (Å²) < 4.78 is 5.15. The summed E-state index contributed by atoms with van der Waals surface area (Å²) in [6.45, 7) is -0.148. The molecule has 2 atom stereocenters. The predicted octanol–water partition coefficient (Wildman–Crippen LogP) is 2.28. The highest BCUT2D eigenvalue weighted by atomic mass is 16.7. The first-order valence-corrected chi connectivity index (χ1v) is 8.80. The molecule has 0 aliphatic carbocycles. The van der Waals surface area contributed by atoms with Crippen molar-refractivity contribution in [3.8, 4) is 0 Å². The number of rotatable bonds is 6. The van der Waals surface area contributed by atoms with Crippen LogP contribution in [0, 0.1) is 0 Å². The zero-order chi connectivity index (χ0) is 19.7. The number of aliphatic carboxylic acids is 1. The van der Waals surface area contributed by atoms with Gasteiger partial charge in [-0.25, -0.2) is 14.4 Å². The van der Waals surface area contributed by atoms with E-state index in [1.807, 2.05) is 30.3 Å². The van der Waals surface area contributed by atoms with E-state index in [9.17, 15) is 19.5 Å². The van der Waals surface area contributed by atoms with Gasteiger partial charge in [0.1, 0.15) is 12.6 Å². The first kappa shape index (κ1) is 18.0. The molecule has 2 aromatic carbocycles. The minimum absolute atomic E-state index is 0.108. The van der Waals surface area contributed by atoms with E-state index in [-0.39, 0.29) is 13.2 Å². The first-order valence-electron chi connectivity index (χ1n) is 8.80. The molecule has 0 spiro atoms. The zero-order valence-corrected chi connectivity index (χ0v) is 14.9. The summed E-state index contributed by atoms with van der Waals surface area (Å²) in [5.74, 6) is -1.72. The number of hydroxylamine groups is 2. The molecular weight excluding hydrogens is 364 g/mol. The van der Waals surface area contributed by atoms with Crippen molar-refractivity contribution in [2.45, 2.75) is 18.7 Å². The van der Waals surface area contributed by atoms with Crippen molar-refractivity contribution in [1.82, 2.24) is 9.96 Å². The summed E-state index contributed by atoms with van der Waals surface area (Å²) in [7, 11) is 0. The van der Waals surface area contributed by atoms with Gasteiger partial charge in [0, 0.05) is 0 Å². The molecule has 2 amide bonds. The molecule has 1 N–H and O–H groups in total. The van der Waals surface area contributed by atoms with Crippen LogP contribution in [0.3, 0.4) is 0 Å². The molecule has 4 rings (SSSR count). The van der Waals surface area contributed by atoms with Crippen LogP contribution in [0.1, 0.15) is 28.8 Å². The van der Waals surface area contributed by atoms with E-state index in [1.54, 1.807) is 24.3 Å². The summed E-state index contributed by atoms with van der Waals surface area (Å²) in [6, 6.07) is 14.1. The normalized spacial score (nSPS) is 20.1. The summed E-state index contributed by atoms with van der Waals surface area (Å²) >= 11 is 0. The Morgan fingerprint density at radius 3 is 2.43 bits per heavy atom. The third kappa shape index (κ3) is 3.18. The lowest BCUT2D eigenvalue weighted by Crippen LogP contribution is -2.38. The number of esters is 1. The molecule has 0 aromatic heterocycles. The van der Waals surface area contributed by atoms with Gasteiger partial charge in [0.05, 0.1) is 6.54 Å². The van der Waals surface area contributed by atoms with Crippen LogP contribution >= 0.6 is 0 Å². The third-order valence-corrected chi connectivity index (χ3v) is 4.85. The molecule has 144 valence electrons. The van der Waals surface area contributed by atoms with Gasteiger partial charge >= 0.3 is 18.0 Å². The molecular formula is C20H18N2O6. The van der Waals surface area contributed by atoms with Gasteiger partial charge in [-0.15, -0.1) is 0 Å². The Balaban J connectivity index is 1.44. The second kappa shape index (κ2) is 7.32. The van der Waals surface area contributed by atoms with E-state index >= 15 is 0 Å². The smallest absolute Gasteiger partial charge is 0.345 e. The molecule has 2 aliphatic rings. The van der Waals surface area contributed by atoms with Gasteiger partial charge in [-0.3, -0.25) is 4.84 Å².